The average molecular weight is 502 g/mol. The summed E-state index contributed by atoms with van der Waals surface area (Å²) in [6.07, 6.45) is 3.14. The molecule has 190 valence electrons. The van der Waals surface area contributed by atoms with E-state index in [-0.39, 0.29) is 35.0 Å². The Morgan fingerprint density at radius 2 is 1.92 bits per heavy atom. The highest BCUT2D eigenvalue weighted by Gasteiger charge is 2.30. The maximum absolute atomic E-state index is 13.1. The average Bonchev–Trinajstić information content (AvgIpc) is 3.53. The molecule has 1 saturated carbocycles. The predicted molar refractivity (Wildman–Crippen MR) is 146 cm³/mol. The van der Waals surface area contributed by atoms with Gasteiger partial charge in [0.15, 0.2) is 5.75 Å². The lowest BCUT2D eigenvalue weighted by atomic mass is 9.49. The van der Waals surface area contributed by atoms with Gasteiger partial charge in [-0.05, 0) is 44.1 Å². The van der Waals surface area contributed by atoms with Gasteiger partial charge in [0.1, 0.15) is 35.0 Å². The summed E-state index contributed by atoms with van der Waals surface area (Å²) in [6, 6.07) is 6.89. The summed E-state index contributed by atoms with van der Waals surface area (Å²) in [6.45, 7) is 3.12. The Labute approximate surface area is 217 Å². The lowest BCUT2D eigenvalue weighted by Gasteiger charge is -2.22. The van der Waals surface area contributed by atoms with Crippen LogP contribution in [0.15, 0.2) is 35.0 Å². The fourth-order valence-corrected chi connectivity index (χ4v) is 3.54. The number of ether oxygens (including phenoxy) is 1. The molecule has 11 nitrogen and oxygen atoms in total. The van der Waals surface area contributed by atoms with Crippen LogP contribution in [0.3, 0.4) is 0 Å². The number of rotatable bonds is 9. The third-order valence-electron chi connectivity index (χ3n) is 5.53. The zero-order valence-electron chi connectivity index (χ0n) is 21.8. The Hall–Kier alpha value is -3.80. The quantitative estimate of drug-likeness (QED) is 0.289. The smallest absolute Gasteiger partial charge is 0.261 e. The summed E-state index contributed by atoms with van der Waals surface area (Å²) in [5.41, 5.74) is 0.430. The standard InChI is InChI=1S/C23H29B3N6O5/c1-22(2,35)21-30-20(37-32-21)12-5-4-6-14(17(12)36-3)28-15-9-16(29-18(33)11-7-8-11)27-10-13(15)19(34)31-23(24,25)26/h4-6,9-11,35H,7-8,24-26H2,1-3H3,(H,31,34)(H2,27,28,29,33). The van der Waals surface area contributed by atoms with Crippen LogP contribution in [-0.2, 0) is 10.4 Å². The van der Waals surface area contributed by atoms with E-state index in [0.29, 0.717) is 28.5 Å². The zero-order valence-corrected chi connectivity index (χ0v) is 21.8. The number of nitrogens with one attached hydrogen (secondary N) is 3. The van der Waals surface area contributed by atoms with E-state index in [1.54, 1.807) is 38.1 Å². The third-order valence-corrected chi connectivity index (χ3v) is 5.53. The molecule has 0 bridgehead atoms. The lowest BCUT2D eigenvalue weighted by Crippen LogP contribution is -2.50. The van der Waals surface area contributed by atoms with E-state index in [9.17, 15) is 14.7 Å². The molecule has 37 heavy (non-hydrogen) atoms. The third kappa shape index (κ3) is 6.32. The molecule has 4 N–H and O–H groups in total. The Morgan fingerprint density at radius 3 is 2.51 bits per heavy atom. The number of aromatic nitrogens is 3. The molecule has 0 unspecified atom stereocenters. The maximum atomic E-state index is 13.1. The van der Waals surface area contributed by atoms with Gasteiger partial charge in [0.05, 0.1) is 29.6 Å². The van der Waals surface area contributed by atoms with Gasteiger partial charge in [-0.3, -0.25) is 9.59 Å². The van der Waals surface area contributed by atoms with Crippen molar-refractivity contribution in [1.82, 2.24) is 20.4 Å². The van der Waals surface area contributed by atoms with Crippen LogP contribution in [0, 0.1) is 5.92 Å². The minimum atomic E-state index is -1.28. The first-order chi connectivity index (χ1) is 17.4. The van der Waals surface area contributed by atoms with Gasteiger partial charge in [0.2, 0.25) is 11.7 Å². The second-order valence-electron chi connectivity index (χ2n) is 10.6. The van der Waals surface area contributed by atoms with E-state index < -0.39 is 10.8 Å². The maximum Gasteiger partial charge on any atom is 0.261 e. The molecule has 1 aliphatic carbocycles. The van der Waals surface area contributed by atoms with E-state index >= 15 is 0 Å². The van der Waals surface area contributed by atoms with Crippen LogP contribution in [-0.4, -0.2) is 67.9 Å². The van der Waals surface area contributed by atoms with Gasteiger partial charge < -0.3 is 30.3 Å². The van der Waals surface area contributed by atoms with E-state index in [0.717, 1.165) is 12.8 Å². The van der Waals surface area contributed by atoms with Gasteiger partial charge in [-0.25, -0.2) is 4.98 Å². The number of pyridine rings is 1. The molecule has 2 aromatic heterocycles. The number of aliphatic hydroxyl groups is 1. The van der Waals surface area contributed by atoms with Gasteiger partial charge in [-0.15, -0.1) is 0 Å². The van der Waals surface area contributed by atoms with E-state index in [2.05, 4.69) is 31.1 Å². The van der Waals surface area contributed by atoms with Crippen molar-refractivity contribution in [2.45, 2.75) is 37.5 Å². The molecule has 0 radical (unpaired) electrons. The molecule has 2 heterocycles. The van der Waals surface area contributed by atoms with Gasteiger partial charge in [-0.1, -0.05) is 11.2 Å². The molecule has 2 amide bonds. The monoisotopic (exact) mass is 502 g/mol. The Kier molecular flexibility index (Phi) is 7.05. The number of carbonyl (C=O) groups is 2. The van der Waals surface area contributed by atoms with Crippen molar-refractivity contribution in [3.8, 4) is 17.2 Å². The molecule has 14 heteroatoms. The van der Waals surface area contributed by atoms with Crippen LogP contribution in [0.4, 0.5) is 17.2 Å². The van der Waals surface area contributed by atoms with Gasteiger partial charge in [0.25, 0.3) is 11.8 Å². The number of anilines is 3. The fourth-order valence-electron chi connectivity index (χ4n) is 3.54. The molecule has 1 aliphatic rings. The molecule has 0 spiro atoms. The Bertz CT molecular complexity index is 1330. The van der Waals surface area contributed by atoms with E-state index in [1.165, 1.54) is 13.3 Å². The first-order valence-electron chi connectivity index (χ1n) is 12.0. The predicted octanol–water partition coefficient (Wildman–Crippen LogP) is -0.300. The molecule has 3 aromatic rings. The van der Waals surface area contributed by atoms with Crippen LogP contribution in [0.2, 0.25) is 0 Å². The van der Waals surface area contributed by atoms with Gasteiger partial charge in [-0.2, -0.15) is 4.98 Å². The molecule has 1 fully saturated rings. The van der Waals surface area contributed by atoms with Crippen LogP contribution in [0.1, 0.15) is 42.9 Å². The number of hydrogen-bond donors (Lipinski definition) is 4. The molecular weight excluding hydrogens is 473 g/mol. The minimum Gasteiger partial charge on any atom is -0.494 e. The summed E-state index contributed by atoms with van der Waals surface area (Å²) in [4.78, 5) is 34.0. The number of methoxy groups -OCH3 is 1. The Balaban J connectivity index is 1.72. The molecule has 0 atom stereocenters. The summed E-state index contributed by atoms with van der Waals surface area (Å²) in [5.74, 6) is 0.588. The van der Waals surface area contributed by atoms with Gasteiger partial charge in [0, 0.05) is 18.2 Å². The van der Waals surface area contributed by atoms with Crippen molar-refractivity contribution in [3.05, 3.63) is 41.9 Å². The van der Waals surface area contributed by atoms with Crippen molar-refractivity contribution < 1.29 is 24.0 Å². The fraction of sp³-hybridized carbons (Fsp3) is 0.348. The SMILES string of the molecule is BC(B)(B)NC(=O)c1cnc(NC(=O)C2CC2)cc1Nc1cccc(-c2nc(C(C)(C)O)no2)c1OC. The molecule has 0 aliphatic heterocycles. The summed E-state index contributed by atoms with van der Waals surface area (Å²) < 4.78 is 11.1. The molecule has 0 saturated heterocycles. The van der Waals surface area contributed by atoms with Crippen molar-refractivity contribution >= 4 is 52.5 Å². The number of hydrogen-bond acceptors (Lipinski definition) is 9. The summed E-state index contributed by atoms with van der Waals surface area (Å²) in [5, 5.41) is 22.6. The van der Waals surface area contributed by atoms with Crippen LogP contribution in [0.25, 0.3) is 11.5 Å². The first kappa shape index (κ1) is 26.3. The second kappa shape index (κ2) is 9.93. The number of benzene rings is 1. The highest BCUT2D eigenvalue weighted by atomic mass is 16.5. The first-order valence-corrected chi connectivity index (χ1v) is 12.0. The van der Waals surface area contributed by atoms with Crippen molar-refractivity contribution in [2.75, 3.05) is 17.7 Å². The number of nitrogens with zero attached hydrogens (tertiary/aromatic N) is 3. The van der Waals surface area contributed by atoms with Gasteiger partial charge >= 0.3 is 0 Å². The zero-order chi connectivity index (χ0) is 27.0. The van der Waals surface area contributed by atoms with Crippen LogP contribution in [0.5, 0.6) is 5.75 Å². The highest BCUT2D eigenvalue weighted by molar-refractivity contribution is 6.60. The normalized spacial score (nSPS) is 13.6. The summed E-state index contributed by atoms with van der Waals surface area (Å²) in [7, 11) is 7.15. The second-order valence-corrected chi connectivity index (χ2v) is 10.6. The summed E-state index contributed by atoms with van der Waals surface area (Å²) >= 11 is 0. The van der Waals surface area contributed by atoms with E-state index in [1.807, 2.05) is 23.5 Å². The van der Waals surface area contributed by atoms with Crippen molar-refractivity contribution in [2.24, 2.45) is 5.92 Å². The number of amides is 2. The number of para-hydroxylation sites is 1. The lowest BCUT2D eigenvalue weighted by molar-refractivity contribution is -0.117. The van der Waals surface area contributed by atoms with Crippen LogP contribution < -0.4 is 20.7 Å². The van der Waals surface area contributed by atoms with E-state index in [4.69, 9.17) is 9.26 Å². The molecule has 4 rings (SSSR count). The van der Waals surface area contributed by atoms with Crippen molar-refractivity contribution in [1.29, 1.82) is 0 Å². The van der Waals surface area contributed by atoms with Crippen LogP contribution >= 0.6 is 0 Å². The van der Waals surface area contributed by atoms with Crippen molar-refractivity contribution in [3.63, 3.8) is 0 Å². The largest absolute Gasteiger partial charge is 0.494 e. The molecular formula is C23H29B3N6O5. The topological polar surface area (TPSA) is 151 Å². The Morgan fingerprint density at radius 1 is 1.19 bits per heavy atom. The highest BCUT2D eigenvalue weighted by Crippen LogP contribution is 2.38. The number of carbonyl (C=O) groups excluding carboxylic acids is 2. The minimum absolute atomic E-state index is 0.00189. The molecule has 1 aromatic carbocycles.